The van der Waals surface area contributed by atoms with Gasteiger partial charge in [0.25, 0.3) is 5.91 Å². The van der Waals surface area contributed by atoms with E-state index in [2.05, 4.69) is 28.2 Å². The highest BCUT2D eigenvalue weighted by molar-refractivity contribution is 9.10. The quantitative estimate of drug-likeness (QED) is 0.563. The third-order valence-electron chi connectivity index (χ3n) is 3.80. The van der Waals surface area contributed by atoms with E-state index in [4.69, 9.17) is 9.47 Å². The van der Waals surface area contributed by atoms with Crippen molar-refractivity contribution in [3.05, 3.63) is 65.1 Å². The smallest absolute Gasteiger partial charge is 0.262 e. The van der Waals surface area contributed by atoms with Crippen LogP contribution in [-0.2, 0) is 4.79 Å². The topological polar surface area (TPSA) is 47.6 Å². The zero-order valence-corrected chi connectivity index (χ0v) is 16.1. The largest absolute Gasteiger partial charge is 0.494 e. The summed E-state index contributed by atoms with van der Waals surface area (Å²) in [6.07, 6.45) is 0.958. The van der Waals surface area contributed by atoms with E-state index in [1.165, 1.54) is 0 Å². The molecule has 0 heterocycles. The monoisotopic (exact) mass is 413 g/mol. The van der Waals surface area contributed by atoms with E-state index in [-0.39, 0.29) is 12.5 Å². The van der Waals surface area contributed by atoms with Crippen molar-refractivity contribution in [1.29, 1.82) is 0 Å². The summed E-state index contributed by atoms with van der Waals surface area (Å²) in [6, 6.07) is 19.1. The second kappa shape index (κ2) is 8.72. The molecule has 0 spiro atoms. The van der Waals surface area contributed by atoms with Gasteiger partial charge in [-0.1, -0.05) is 37.3 Å². The lowest BCUT2D eigenvalue weighted by molar-refractivity contribution is -0.118. The average Bonchev–Trinajstić information content (AvgIpc) is 2.67. The molecule has 134 valence electrons. The van der Waals surface area contributed by atoms with Crippen molar-refractivity contribution >= 4 is 38.3 Å². The van der Waals surface area contributed by atoms with E-state index in [9.17, 15) is 4.79 Å². The molecule has 0 saturated carbocycles. The molecule has 1 N–H and O–H groups in total. The minimum atomic E-state index is -0.215. The zero-order chi connectivity index (χ0) is 18.4. The van der Waals surface area contributed by atoms with Gasteiger partial charge in [0.15, 0.2) is 6.61 Å². The molecule has 0 radical (unpaired) electrons. The van der Waals surface area contributed by atoms with E-state index < -0.39 is 0 Å². The van der Waals surface area contributed by atoms with Gasteiger partial charge in [0.1, 0.15) is 11.5 Å². The van der Waals surface area contributed by atoms with Gasteiger partial charge in [-0.2, -0.15) is 0 Å². The van der Waals surface area contributed by atoms with Gasteiger partial charge in [-0.15, -0.1) is 0 Å². The first-order valence-electron chi connectivity index (χ1n) is 8.50. The molecule has 0 bridgehead atoms. The number of hydrogen-bond acceptors (Lipinski definition) is 3. The molecule has 26 heavy (non-hydrogen) atoms. The Kier molecular flexibility index (Phi) is 6.12. The first kappa shape index (κ1) is 18.3. The Bertz CT molecular complexity index is 893. The lowest BCUT2D eigenvalue weighted by Crippen LogP contribution is -2.20. The van der Waals surface area contributed by atoms with Gasteiger partial charge >= 0.3 is 0 Å². The minimum Gasteiger partial charge on any atom is -0.494 e. The normalized spacial score (nSPS) is 10.5. The number of nitrogens with one attached hydrogen (secondary N) is 1. The number of ether oxygens (including phenoxy) is 2. The predicted molar refractivity (Wildman–Crippen MR) is 108 cm³/mol. The molecule has 3 aromatic rings. The second-order valence-electron chi connectivity index (χ2n) is 5.81. The van der Waals surface area contributed by atoms with Crippen molar-refractivity contribution in [3.63, 3.8) is 0 Å². The van der Waals surface area contributed by atoms with Crippen LogP contribution in [0, 0.1) is 0 Å². The van der Waals surface area contributed by atoms with Crippen molar-refractivity contribution in [2.24, 2.45) is 0 Å². The Morgan fingerprint density at radius 1 is 1.00 bits per heavy atom. The summed E-state index contributed by atoms with van der Waals surface area (Å²) in [6.45, 7) is 2.67. The predicted octanol–water partition coefficient (Wildman–Crippen LogP) is 5.41. The number of carbonyl (C=O) groups is 1. The Morgan fingerprint density at radius 2 is 1.77 bits per heavy atom. The van der Waals surface area contributed by atoms with Crippen LogP contribution in [0.3, 0.4) is 0 Å². The van der Waals surface area contributed by atoms with Crippen LogP contribution in [-0.4, -0.2) is 19.1 Å². The highest BCUT2D eigenvalue weighted by Crippen LogP contribution is 2.33. The van der Waals surface area contributed by atoms with E-state index in [1.807, 2.05) is 60.7 Å². The van der Waals surface area contributed by atoms with E-state index in [0.29, 0.717) is 18.0 Å². The fraction of sp³-hybridized carbons (Fsp3) is 0.190. The van der Waals surface area contributed by atoms with Crippen LogP contribution in [0.1, 0.15) is 13.3 Å². The Labute approximate surface area is 161 Å². The van der Waals surface area contributed by atoms with Crippen LogP contribution in [0.4, 0.5) is 5.69 Å². The van der Waals surface area contributed by atoms with Gasteiger partial charge < -0.3 is 14.8 Å². The third kappa shape index (κ3) is 4.55. The minimum absolute atomic E-state index is 0.0645. The maximum absolute atomic E-state index is 12.1. The summed E-state index contributed by atoms with van der Waals surface area (Å²) in [5.74, 6) is 1.22. The SMILES string of the molecule is CCCOc1ccc(NC(=O)COc2ccc3ccccc3c2Br)cc1. The van der Waals surface area contributed by atoms with Gasteiger partial charge in [0.2, 0.25) is 0 Å². The molecule has 0 aromatic heterocycles. The van der Waals surface area contributed by atoms with Crippen LogP contribution >= 0.6 is 15.9 Å². The first-order valence-corrected chi connectivity index (χ1v) is 9.29. The van der Waals surface area contributed by atoms with Crippen molar-refractivity contribution < 1.29 is 14.3 Å². The summed E-state index contributed by atoms with van der Waals surface area (Å²) in [5, 5.41) is 4.98. The molecule has 0 aliphatic rings. The van der Waals surface area contributed by atoms with Crippen molar-refractivity contribution in [1.82, 2.24) is 0 Å². The lowest BCUT2D eigenvalue weighted by atomic mass is 10.1. The Balaban J connectivity index is 1.58. The number of amides is 1. The fourth-order valence-corrected chi connectivity index (χ4v) is 3.13. The molecule has 4 nitrogen and oxygen atoms in total. The van der Waals surface area contributed by atoms with Crippen LogP contribution < -0.4 is 14.8 Å². The number of fused-ring (bicyclic) bond motifs is 1. The Hall–Kier alpha value is -2.53. The summed E-state index contributed by atoms with van der Waals surface area (Å²) in [4.78, 5) is 12.1. The molecule has 3 rings (SSSR count). The van der Waals surface area contributed by atoms with Crippen molar-refractivity contribution in [2.45, 2.75) is 13.3 Å². The highest BCUT2D eigenvalue weighted by Gasteiger charge is 2.09. The van der Waals surface area contributed by atoms with Gasteiger partial charge in [0.05, 0.1) is 11.1 Å². The number of halogens is 1. The van der Waals surface area contributed by atoms with Crippen LogP contribution in [0.2, 0.25) is 0 Å². The number of carbonyl (C=O) groups excluding carboxylic acids is 1. The molecule has 0 atom stereocenters. The second-order valence-corrected chi connectivity index (χ2v) is 6.60. The van der Waals surface area contributed by atoms with Crippen LogP contribution in [0.25, 0.3) is 10.8 Å². The first-order chi connectivity index (χ1) is 12.7. The molecule has 0 aliphatic heterocycles. The molecular weight excluding hydrogens is 394 g/mol. The maximum Gasteiger partial charge on any atom is 0.262 e. The number of hydrogen-bond donors (Lipinski definition) is 1. The summed E-state index contributed by atoms with van der Waals surface area (Å²) in [7, 11) is 0. The number of anilines is 1. The number of benzene rings is 3. The molecule has 1 amide bonds. The molecule has 0 fully saturated rings. The molecule has 0 unspecified atom stereocenters. The zero-order valence-electron chi connectivity index (χ0n) is 14.5. The van der Waals surface area contributed by atoms with Gasteiger partial charge in [0, 0.05) is 5.69 Å². The number of rotatable bonds is 7. The van der Waals surface area contributed by atoms with Crippen molar-refractivity contribution in [3.8, 4) is 11.5 Å². The molecular formula is C21H20BrNO3. The summed E-state index contributed by atoms with van der Waals surface area (Å²) < 4.78 is 12.0. The summed E-state index contributed by atoms with van der Waals surface area (Å²) in [5.41, 5.74) is 0.708. The molecule has 0 aliphatic carbocycles. The standard InChI is InChI=1S/C21H20BrNO3/c1-2-13-25-17-10-8-16(9-11-17)23-20(24)14-26-19-12-7-15-5-3-4-6-18(15)21(19)22/h3-12H,2,13-14H2,1H3,(H,23,24). The molecule has 0 saturated heterocycles. The van der Waals surface area contributed by atoms with E-state index in [1.54, 1.807) is 0 Å². The maximum atomic E-state index is 12.1. The van der Waals surface area contributed by atoms with E-state index in [0.717, 1.165) is 27.4 Å². The van der Waals surface area contributed by atoms with Crippen LogP contribution in [0.5, 0.6) is 11.5 Å². The van der Waals surface area contributed by atoms with Crippen LogP contribution in [0.15, 0.2) is 65.1 Å². The van der Waals surface area contributed by atoms with Gasteiger partial charge in [-0.3, -0.25) is 4.79 Å². The molecule has 5 heteroatoms. The van der Waals surface area contributed by atoms with Gasteiger partial charge in [-0.25, -0.2) is 0 Å². The summed E-state index contributed by atoms with van der Waals surface area (Å²) >= 11 is 3.56. The van der Waals surface area contributed by atoms with E-state index >= 15 is 0 Å². The van der Waals surface area contributed by atoms with Gasteiger partial charge in [-0.05, 0) is 63.5 Å². The third-order valence-corrected chi connectivity index (χ3v) is 4.62. The fourth-order valence-electron chi connectivity index (χ4n) is 2.52. The average molecular weight is 414 g/mol. The Morgan fingerprint density at radius 3 is 2.54 bits per heavy atom. The lowest BCUT2D eigenvalue weighted by Gasteiger charge is -2.11. The van der Waals surface area contributed by atoms with Crippen molar-refractivity contribution in [2.75, 3.05) is 18.5 Å². The highest BCUT2D eigenvalue weighted by atomic mass is 79.9. The molecule has 3 aromatic carbocycles.